The molecule has 0 N–H and O–H groups in total. The van der Waals surface area contributed by atoms with Gasteiger partial charge in [0, 0.05) is 32.1 Å². The molecule has 0 unspecified atom stereocenters. The lowest BCUT2D eigenvalue weighted by atomic mass is 10.1. The number of hydrogen-bond donors (Lipinski definition) is 0. The molecule has 0 saturated heterocycles. The molecule has 4 heteroatoms. The zero-order valence-electron chi connectivity index (χ0n) is 12.2. The summed E-state index contributed by atoms with van der Waals surface area (Å²) in [6, 6.07) is 8.94. The summed E-state index contributed by atoms with van der Waals surface area (Å²) in [5.74, 6) is -0.0904. The molecule has 1 heterocycles. The number of aryl methyl sites for hydroxylation is 1. The van der Waals surface area contributed by atoms with E-state index in [1.165, 1.54) is 6.07 Å². The molecule has 1 aromatic heterocycles. The highest BCUT2D eigenvalue weighted by molar-refractivity contribution is 6.05. The third-order valence-electron chi connectivity index (χ3n) is 3.58. The number of benzene rings is 1. The van der Waals surface area contributed by atoms with E-state index >= 15 is 0 Å². The van der Waals surface area contributed by atoms with Gasteiger partial charge in [-0.1, -0.05) is 31.5 Å². The van der Waals surface area contributed by atoms with Gasteiger partial charge in [-0.2, -0.15) is 0 Å². The summed E-state index contributed by atoms with van der Waals surface area (Å²) in [4.78, 5) is 26.2. The van der Waals surface area contributed by atoms with Gasteiger partial charge in [0.25, 0.3) is 11.5 Å². The van der Waals surface area contributed by atoms with Gasteiger partial charge in [0.05, 0.1) is 11.1 Å². The van der Waals surface area contributed by atoms with E-state index in [9.17, 15) is 9.59 Å². The third-order valence-corrected chi connectivity index (χ3v) is 3.58. The van der Waals surface area contributed by atoms with Gasteiger partial charge in [0.2, 0.25) is 0 Å². The summed E-state index contributed by atoms with van der Waals surface area (Å²) in [6.45, 7) is 2.80. The van der Waals surface area contributed by atoms with Gasteiger partial charge in [-0.3, -0.25) is 9.59 Å². The Hall–Kier alpha value is -2.10. The second-order valence-corrected chi connectivity index (χ2v) is 5.05. The predicted octanol–water partition coefficient (Wildman–Crippen LogP) is 2.41. The SMILES string of the molecule is CCCCN(C)C(=O)c1cc(=O)n(C)c2ccccc12. The van der Waals surface area contributed by atoms with Crippen LogP contribution in [0.3, 0.4) is 0 Å². The van der Waals surface area contributed by atoms with Gasteiger partial charge in [-0.25, -0.2) is 0 Å². The Bertz CT molecular complexity index is 688. The molecule has 20 heavy (non-hydrogen) atoms. The van der Waals surface area contributed by atoms with Crippen LogP contribution in [0.2, 0.25) is 0 Å². The summed E-state index contributed by atoms with van der Waals surface area (Å²) in [6.07, 6.45) is 2.00. The number of fused-ring (bicyclic) bond motifs is 1. The first kappa shape index (κ1) is 14.3. The lowest BCUT2D eigenvalue weighted by Crippen LogP contribution is -2.30. The molecule has 1 aromatic carbocycles. The zero-order chi connectivity index (χ0) is 14.7. The highest BCUT2D eigenvalue weighted by atomic mass is 16.2. The minimum absolute atomic E-state index is 0.0904. The number of hydrogen-bond acceptors (Lipinski definition) is 2. The summed E-state index contributed by atoms with van der Waals surface area (Å²) >= 11 is 0. The van der Waals surface area contributed by atoms with Gasteiger partial charge in [-0.15, -0.1) is 0 Å². The molecule has 2 aromatic rings. The van der Waals surface area contributed by atoms with Crippen molar-refractivity contribution in [3.05, 3.63) is 46.2 Å². The normalized spacial score (nSPS) is 10.8. The van der Waals surface area contributed by atoms with E-state index in [2.05, 4.69) is 6.92 Å². The maximum atomic E-state index is 12.5. The second kappa shape index (κ2) is 5.90. The summed E-state index contributed by atoms with van der Waals surface area (Å²) < 4.78 is 1.57. The molecule has 0 aliphatic rings. The quantitative estimate of drug-likeness (QED) is 0.857. The largest absolute Gasteiger partial charge is 0.342 e. The monoisotopic (exact) mass is 272 g/mol. The molecule has 0 saturated carbocycles. The number of aromatic nitrogens is 1. The summed E-state index contributed by atoms with van der Waals surface area (Å²) in [7, 11) is 3.50. The van der Waals surface area contributed by atoms with Crippen molar-refractivity contribution in [3.8, 4) is 0 Å². The molecule has 4 nitrogen and oxygen atoms in total. The molecule has 0 atom stereocenters. The highest BCUT2D eigenvalue weighted by Crippen LogP contribution is 2.17. The van der Waals surface area contributed by atoms with Gasteiger partial charge in [0.15, 0.2) is 0 Å². The van der Waals surface area contributed by atoms with Crippen LogP contribution >= 0.6 is 0 Å². The molecule has 0 fully saturated rings. The van der Waals surface area contributed by atoms with Crippen molar-refractivity contribution in [3.63, 3.8) is 0 Å². The molecule has 2 rings (SSSR count). The van der Waals surface area contributed by atoms with E-state index in [-0.39, 0.29) is 11.5 Å². The maximum Gasteiger partial charge on any atom is 0.254 e. The number of nitrogens with zero attached hydrogens (tertiary/aromatic N) is 2. The first-order chi connectivity index (χ1) is 9.56. The average molecular weight is 272 g/mol. The molecule has 106 valence electrons. The van der Waals surface area contributed by atoms with Gasteiger partial charge in [0.1, 0.15) is 0 Å². The van der Waals surface area contributed by atoms with E-state index in [4.69, 9.17) is 0 Å². The Morgan fingerprint density at radius 3 is 2.70 bits per heavy atom. The fourth-order valence-corrected chi connectivity index (χ4v) is 2.29. The Morgan fingerprint density at radius 2 is 2.00 bits per heavy atom. The van der Waals surface area contributed by atoms with Crippen molar-refractivity contribution < 1.29 is 4.79 Å². The van der Waals surface area contributed by atoms with Crippen LogP contribution in [0.5, 0.6) is 0 Å². The number of unbranched alkanes of at least 4 members (excludes halogenated alkanes) is 1. The molecule has 0 bridgehead atoms. The fourth-order valence-electron chi connectivity index (χ4n) is 2.29. The van der Waals surface area contributed by atoms with Gasteiger partial charge in [-0.05, 0) is 12.5 Å². The van der Waals surface area contributed by atoms with E-state index < -0.39 is 0 Å². The third kappa shape index (κ3) is 2.59. The number of para-hydroxylation sites is 1. The van der Waals surface area contributed by atoms with Crippen LogP contribution < -0.4 is 5.56 Å². The van der Waals surface area contributed by atoms with Gasteiger partial charge >= 0.3 is 0 Å². The minimum Gasteiger partial charge on any atom is -0.342 e. The van der Waals surface area contributed by atoms with Crippen LogP contribution in [0, 0.1) is 0 Å². The van der Waals surface area contributed by atoms with Crippen LogP contribution in [-0.2, 0) is 7.05 Å². The summed E-state index contributed by atoms with van der Waals surface area (Å²) in [5.41, 5.74) is 1.12. The van der Waals surface area contributed by atoms with E-state index in [0.717, 1.165) is 23.7 Å². The van der Waals surface area contributed by atoms with Crippen molar-refractivity contribution in [2.45, 2.75) is 19.8 Å². The predicted molar refractivity (Wildman–Crippen MR) is 81.1 cm³/mol. The average Bonchev–Trinajstić information content (AvgIpc) is 2.47. The van der Waals surface area contributed by atoms with E-state index in [1.54, 1.807) is 23.6 Å². The molecule has 0 spiro atoms. The van der Waals surface area contributed by atoms with Crippen LogP contribution in [0.1, 0.15) is 30.1 Å². The Balaban J connectivity index is 2.52. The zero-order valence-corrected chi connectivity index (χ0v) is 12.2. The minimum atomic E-state index is -0.157. The van der Waals surface area contributed by atoms with E-state index in [1.807, 2.05) is 24.3 Å². The Kier molecular flexibility index (Phi) is 4.23. The molecular formula is C16H20N2O2. The molecule has 0 aliphatic heterocycles. The van der Waals surface area contributed by atoms with Crippen LogP contribution in [0.15, 0.2) is 35.1 Å². The number of amides is 1. The fraction of sp³-hybridized carbons (Fsp3) is 0.375. The lowest BCUT2D eigenvalue weighted by molar-refractivity contribution is 0.0795. The van der Waals surface area contributed by atoms with Gasteiger partial charge < -0.3 is 9.47 Å². The maximum absolute atomic E-state index is 12.5. The Labute approximate surface area is 118 Å². The van der Waals surface area contributed by atoms with Crippen LogP contribution in [-0.4, -0.2) is 29.0 Å². The number of carbonyl (C=O) groups excluding carboxylic acids is 1. The standard InChI is InChI=1S/C16H20N2O2/c1-4-5-10-17(2)16(20)13-11-15(19)18(3)14-9-7-6-8-12(13)14/h6-9,11H,4-5,10H2,1-3H3. The number of pyridine rings is 1. The summed E-state index contributed by atoms with van der Waals surface area (Å²) in [5, 5.41) is 0.822. The molecular weight excluding hydrogens is 252 g/mol. The lowest BCUT2D eigenvalue weighted by Gasteiger charge is -2.18. The second-order valence-electron chi connectivity index (χ2n) is 5.05. The van der Waals surface area contributed by atoms with Crippen LogP contribution in [0.25, 0.3) is 10.9 Å². The van der Waals surface area contributed by atoms with Crippen molar-refractivity contribution in [1.82, 2.24) is 9.47 Å². The highest BCUT2D eigenvalue weighted by Gasteiger charge is 2.16. The molecule has 0 radical (unpaired) electrons. The van der Waals surface area contributed by atoms with Crippen molar-refractivity contribution in [2.75, 3.05) is 13.6 Å². The van der Waals surface area contributed by atoms with Crippen LogP contribution in [0.4, 0.5) is 0 Å². The first-order valence-corrected chi connectivity index (χ1v) is 6.90. The first-order valence-electron chi connectivity index (χ1n) is 6.90. The van der Waals surface area contributed by atoms with Crippen molar-refractivity contribution >= 4 is 16.8 Å². The smallest absolute Gasteiger partial charge is 0.254 e. The van der Waals surface area contributed by atoms with E-state index in [0.29, 0.717) is 12.1 Å². The molecule has 1 amide bonds. The number of carbonyl (C=O) groups is 1. The van der Waals surface area contributed by atoms with Crippen molar-refractivity contribution in [2.24, 2.45) is 7.05 Å². The molecule has 0 aliphatic carbocycles. The number of rotatable bonds is 4. The Morgan fingerprint density at radius 1 is 1.30 bits per heavy atom. The van der Waals surface area contributed by atoms with Crippen molar-refractivity contribution in [1.29, 1.82) is 0 Å². The topological polar surface area (TPSA) is 42.3 Å².